The molecule has 8 aromatic carbocycles. The lowest BCUT2D eigenvalue weighted by molar-refractivity contribution is 0.622. The third kappa shape index (κ3) is 5.17. The Labute approximate surface area is 329 Å². The molecule has 4 aromatic heterocycles. The van der Waals surface area contributed by atoms with Crippen molar-refractivity contribution < 1.29 is 8.83 Å². The summed E-state index contributed by atoms with van der Waals surface area (Å²) in [6.45, 7) is 0. The van der Waals surface area contributed by atoms with E-state index in [9.17, 15) is 0 Å². The second kappa shape index (κ2) is 12.5. The molecule has 0 spiro atoms. The van der Waals surface area contributed by atoms with E-state index in [1.165, 1.54) is 25.7 Å². The normalized spacial score (nSPS) is 11.9. The molecule has 7 heteroatoms. The van der Waals surface area contributed by atoms with Gasteiger partial charge in [0.15, 0.2) is 23.1 Å². The Balaban J connectivity index is 1.01. The van der Waals surface area contributed by atoms with Gasteiger partial charge in [0.1, 0.15) is 16.7 Å². The molecule has 0 atom stereocenters. The van der Waals surface area contributed by atoms with Crippen LogP contribution in [0.5, 0.6) is 0 Å². The highest BCUT2D eigenvalue weighted by molar-refractivity contribution is 7.25. The monoisotopic (exact) mass is 748 g/mol. The number of benzene rings is 8. The number of hydrogen-bond acceptors (Lipinski definition) is 7. The van der Waals surface area contributed by atoms with E-state index >= 15 is 0 Å². The zero-order valence-electron chi connectivity index (χ0n) is 30.2. The molecule has 12 aromatic rings. The van der Waals surface area contributed by atoms with Gasteiger partial charge >= 0.3 is 0 Å². The van der Waals surface area contributed by atoms with Crippen molar-refractivity contribution in [3.05, 3.63) is 170 Å². The van der Waals surface area contributed by atoms with E-state index in [1.807, 2.05) is 90.2 Å². The predicted octanol–water partition coefficient (Wildman–Crippen LogP) is 13.8. The van der Waals surface area contributed by atoms with E-state index in [0.29, 0.717) is 28.9 Å². The second-order valence-electron chi connectivity index (χ2n) is 14.2. The van der Waals surface area contributed by atoms with Crippen molar-refractivity contribution in [2.45, 2.75) is 0 Å². The minimum atomic E-state index is 0.574. The van der Waals surface area contributed by atoms with Gasteiger partial charge in [-0.25, -0.2) is 19.9 Å². The van der Waals surface area contributed by atoms with Crippen LogP contribution in [-0.2, 0) is 0 Å². The third-order valence-corrected chi connectivity index (χ3v) is 11.9. The summed E-state index contributed by atoms with van der Waals surface area (Å²) in [5, 5.41) is 6.51. The van der Waals surface area contributed by atoms with Crippen LogP contribution in [0, 0.1) is 0 Å². The lowest BCUT2D eigenvalue weighted by Crippen LogP contribution is -2.00. The van der Waals surface area contributed by atoms with Gasteiger partial charge in [-0.2, -0.15) is 0 Å². The molecule has 57 heavy (non-hydrogen) atoms. The third-order valence-electron chi connectivity index (χ3n) is 10.8. The summed E-state index contributed by atoms with van der Waals surface area (Å²) in [7, 11) is 0. The van der Waals surface area contributed by atoms with Crippen molar-refractivity contribution in [3.63, 3.8) is 0 Å². The molecule has 266 valence electrons. The van der Waals surface area contributed by atoms with Gasteiger partial charge in [0.25, 0.3) is 0 Å². The molecule has 0 radical (unpaired) electrons. The number of thiophene rings is 1. The summed E-state index contributed by atoms with van der Waals surface area (Å²) in [5.41, 5.74) is 8.96. The molecular weight excluding hydrogens is 721 g/mol. The number of nitrogens with zero attached hydrogens (tertiary/aromatic N) is 4. The first kappa shape index (κ1) is 31.8. The smallest absolute Gasteiger partial charge is 0.227 e. The number of furan rings is 1. The number of oxazole rings is 1. The van der Waals surface area contributed by atoms with Crippen LogP contribution in [0.2, 0.25) is 0 Å². The van der Waals surface area contributed by atoms with Gasteiger partial charge in [-0.15, -0.1) is 11.3 Å². The first-order chi connectivity index (χ1) is 28.2. The van der Waals surface area contributed by atoms with E-state index in [-0.39, 0.29) is 0 Å². The average molecular weight is 749 g/mol. The van der Waals surface area contributed by atoms with Gasteiger partial charge in [-0.05, 0) is 70.4 Å². The summed E-state index contributed by atoms with van der Waals surface area (Å²) < 4.78 is 15.5. The summed E-state index contributed by atoms with van der Waals surface area (Å²) in [6, 6.07) is 58.2. The minimum absolute atomic E-state index is 0.574. The molecule has 0 fully saturated rings. The van der Waals surface area contributed by atoms with Crippen LogP contribution in [0.15, 0.2) is 179 Å². The van der Waals surface area contributed by atoms with Crippen LogP contribution < -0.4 is 0 Å². The van der Waals surface area contributed by atoms with Gasteiger partial charge in [-0.3, -0.25) is 0 Å². The van der Waals surface area contributed by atoms with Crippen molar-refractivity contribution in [1.82, 2.24) is 19.9 Å². The predicted molar refractivity (Wildman–Crippen MR) is 232 cm³/mol. The highest BCUT2D eigenvalue weighted by Gasteiger charge is 2.20. The van der Waals surface area contributed by atoms with Gasteiger partial charge in [-0.1, -0.05) is 121 Å². The quantitative estimate of drug-likeness (QED) is 0.174. The fourth-order valence-electron chi connectivity index (χ4n) is 8.06. The Kier molecular flexibility index (Phi) is 7.00. The van der Waals surface area contributed by atoms with E-state index in [2.05, 4.69) is 91.0 Å². The Morgan fingerprint density at radius 2 is 1.00 bits per heavy atom. The molecule has 0 aliphatic carbocycles. The number of aromatic nitrogens is 4. The Morgan fingerprint density at radius 3 is 1.81 bits per heavy atom. The summed E-state index contributed by atoms with van der Waals surface area (Å²) >= 11 is 1.83. The van der Waals surface area contributed by atoms with Gasteiger partial charge in [0, 0.05) is 47.8 Å². The van der Waals surface area contributed by atoms with Crippen molar-refractivity contribution in [1.29, 1.82) is 0 Å². The first-order valence-electron chi connectivity index (χ1n) is 18.8. The summed E-state index contributed by atoms with van der Waals surface area (Å²) in [4.78, 5) is 20.1. The molecular formula is C50H28N4O2S. The Hall–Kier alpha value is -7.48. The van der Waals surface area contributed by atoms with Crippen molar-refractivity contribution in [3.8, 4) is 56.7 Å². The maximum Gasteiger partial charge on any atom is 0.227 e. The van der Waals surface area contributed by atoms with E-state index in [4.69, 9.17) is 28.8 Å². The minimum Gasteiger partial charge on any atom is -0.456 e. The van der Waals surface area contributed by atoms with Crippen molar-refractivity contribution >= 4 is 75.3 Å². The topological polar surface area (TPSA) is 77.8 Å². The molecule has 0 aliphatic heterocycles. The lowest BCUT2D eigenvalue weighted by atomic mass is 9.98. The van der Waals surface area contributed by atoms with Crippen molar-refractivity contribution in [2.75, 3.05) is 0 Å². The van der Waals surface area contributed by atoms with Gasteiger partial charge in [0.05, 0.1) is 5.39 Å². The summed E-state index contributed by atoms with van der Waals surface area (Å²) in [6.07, 6.45) is 0. The maximum absolute atomic E-state index is 6.50. The molecule has 0 saturated heterocycles. The SMILES string of the molecule is c1ccc(-c2nc(-c3ccc(-c4cccc5sc6ccccc6c45)cc3)nc(-c3ccc4ccc5oc6ccc7nc(-c8ccccc8)oc7c6c5c4c3)n2)cc1. The van der Waals surface area contributed by atoms with Gasteiger partial charge < -0.3 is 8.83 Å². The fraction of sp³-hybridized carbons (Fsp3) is 0. The van der Waals surface area contributed by atoms with Crippen LogP contribution >= 0.6 is 11.3 Å². The molecule has 6 nitrogen and oxygen atoms in total. The number of rotatable bonds is 5. The van der Waals surface area contributed by atoms with Crippen LogP contribution in [0.1, 0.15) is 0 Å². The molecule has 4 heterocycles. The van der Waals surface area contributed by atoms with E-state index in [1.54, 1.807) is 0 Å². The van der Waals surface area contributed by atoms with Crippen LogP contribution in [0.25, 0.3) is 121 Å². The Morgan fingerprint density at radius 1 is 0.386 bits per heavy atom. The highest BCUT2D eigenvalue weighted by atomic mass is 32.1. The van der Waals surface area contributed by atoms with Crippen molar-refractivity contribution in [2.24, 2.45) is 0 Å². The molecule has 0 aliphatic rings. The molecule has 0 bridgehead atoms. The van der Waals surface area contributed by atoms with Crippen LogP contribution in [0.3, 0.4) is 0 Å². The molecule has 0 N–H and O–H groups in total. The molecule has 0 unspecified atom stereocenters. The largest absolute Gasteiger partial charge is 0.456 e. The standard InChI is InChI=1S/C50H28N4O2S/c1-3-10-31(11-4-1)47-52-48(32-21-18-29(19-22-32)35-15-9-17-42-43(35)36-14-7-8-16-41(36)57-42)54-49(53-47)34-23-20-30-24-26-39-44(37(30)28-34)45-40(55-39)27-25-38-46(45)56-50(51-38)33-12-5-2-6-13-33/h1-28H. The summed E-state index contributed by atoms with van der Waals surface area (Å²) in [5.74, 6) is 2.37. The fourth-order valence-corrected chi connectivity index (χ4v) is 9.20. The van der Waals surface area contributed by atoms with Crippen LogP contribution in [-0.4, -0.2) is 19.9 Å². The maximum atomic E-state index is 6.50. The Bertz CT molecular complexity index is 3520. The average Bonchev–Trinajstić information content (AvgIpc) is 4.00. The highest BCUT2D eigenvalue weighted by Crippen LogP contribution is 2.42. The van der Waals surface area contributed by atoms with E-state index in [0.717, 1.165) is 66.0 Å². The van der Waals surface area contributed by atoms with E-state index < -0.39 is 0 Å². The van der Waals surface area contributed by atoms with Gasteiger partial charge in [0.2, 0.25) is 5.89 Å². The van der Waals surface area contributed by atoms with Crippen LogP contribution in [0.4, 0.5) is 0 Å². The number of fused-ring (bicyclic) bond motifs is 10. The zero-order chi connectivity index (χ0) is 37.5. The lowest BCUT2D eigenvalue weighted by Gasteiger charge is -2.10. The first-order valence-corrected chi connectivity index (χ1v) is 19.6. The second-order valence-corrected chi connectivity index (χ2v) is 15.3. The molecule has 0 amide bonds. The number of hydrogen-bond donors (Lipinski definition) is 0. The molecule has 0 saturated carbocycles. The zero-order valence-corrected chi connectivity index (χ0v) is 31.0. The molecule has 12 rings (SSSR count).